The van der Waals surface area contributed by atoms with E-state index in [1.54, 1.807) is 48.7 Å². The van der Waals surface area contributed by atoms with Crippen LogP contribution in [0.4, 0.5) is 0 Å². The maximum atomic E-state index is 13.9. The Hall–Kier alpha value is -4.53. The van der Waals surface area contributed by atoms with Gasteiger partial charge in [-0.3, -0.25) is 24.2 Å². The lowest BCUT2D eigenvalue weighted by Crippen LogP contribution is -2.63. The quantitative estimate of drug-likeness (QED) is 0.499. The molecular weight excluding hydrogens is 484 g/mol. The van der Waals surface area contributed by atoms with E-state index in [0.717, 1.165) is 11.1 Å². The predicted octanol–water partition coefficient (Wildman–Crippen LogP) is 3.35. The number of aryl methyl sites for hydroxylation is 2. The summed E-state index contributed by atoms with van der Waals surface area (Å²) in [5.74, 6) is -2.54. The number of aliphatic carboxylic acids is 1. The summed E-state index contributed by atoms with van der Waals surface area (Å²) in [4.78, 5) is 59.5. The van der Waals surface area contributed by atoms with E-state index < -0.39 is 30.0 Å². The zero-order valence-corrected chi connectivity index (χ0v) is 21.3. The van der Waals surface area contributed by atoms with Crippen molar-refractivity contribution in [3.63, 3.8) is 0 Å². The summed E-state index contributed by atoms with van der Waals surface area (Å²) in [7, 11) is 0. The number of pyridine rings is 1. The second-order valence-corrected chi connectivity index (χ2v) is 9.41. The molecule has 0 radical (unpaired) electrons. The zero-order chi connectivity index (χ0) is 27.2. The van der Waals surface area contributed by atoms with Crippen molar-refractivity contribution in [1.82, 2.24) is 20.1 Å². The number of aromatic nitrogens is 1. The lowest BCUT2D eigenvalue weighted by Gasteiger charge is -2.43. The van der Waals surface area contributed by atoms with Crippen LogP contribution >= 0.6 is 0 Å². The number of carbonyl (C=O) groups is 4. The highest BCUT2D eigenvalue weighted by molar-refractivity contribution is 6.01. The maximum Gasteiger partial charge on any atom is 0.305 e. The van der Waals surface area contributed by atoms with E-state index >= 15 is 0 Å². The first-order valence-corrected chi connectivity index (χ1v) is 12.4. The van der Waals surface area contributed by atoms with Gasteiger partial charge < -0.3 is 20.2 Å². The molecule has 3 aromatic rings. The molecule has 1 aliphatic heterocycles. The highest BCUT2D eigenvalue weighted by atomic mass is 16.4. The first kappa shape index (κ1) is 26.5. The summed E-state index contributed by atoms with van der Waals surface area (Å²) in [6, 6.07) is 16.6. The van der Waals surface area contributed by atoms with Gasteiger partial charge in [-0.25, -0.2) is 0 Å². The third kappa shape index (κ3) is 6.05. The van der Waals surface area contributed by atoms with Crippen LogP contribution in [0.15, 0.2) is 73.1 Å². The molecule has 1 fully saturated rings. The van der Waals surface area contributed by atoms with Gasteiger partial charge in [-0.05, 0) is 50.1 Å². The summed E-state index contributed by atoms with van der Waals surface area (Å²) in [6.45, 7) is 4.25. The lowest BCUT2D eigenvalue weighted by molar-refractivity contribution is -0.138. The Bertz CT molecular complexity index is 1340. The normalized spacial score (nSPS) is 16.0. The average molecular weight is 515 g/mol. The van der Waals surface area contributed by atoms with Gasteiger partial charge in [0.05, 0.1) is 18.0 Å². The van der Waals surface area contributed by atoms with Crippen LogP contribution in [-0.2, 0) is 9.59 Å². The van der Waals surface area contributed by atoms with Crippen LogP contribution in [0.25, 0.3) is 0 Å². The Kier molecular flexibility index (Phi) is 8.15. The Morgan fingerprint density at radius 2 is 1.55 bits per heavy atom. The fourth-order valence-electron chi connectivity index (χ4n) is 4.69. The van der Waals surface area contributed by atoms with Crippen molar-refractivity contribution in [2.75, 3.05) is 13.1 Å². The zero-order valence-electron chi connectivity index (χ0n) is 21.3. The number of benzene rings is 2. The van der Waals surface area contributed by atoms with Gasteiger partial charge in [-0.1, -0.05) is 47.5 Å². The lowest BCUT2D eigenvalue weighted by atomic mass is 10.0. The summed E-state index contributed by atoms with van der Waals surface area (Å²) >= 11 is 0. The van der Waals surface area contributed by atoms with Gasteiger partial charge >= 0.3 is 5.97 Å². The molecule has 1 aliphatic rings. The van der Waals surface area contributed by atoms with E-state index in [1.165, 1.54) is 16.0 Å². The molecule has 0 aliphatic carbocycles. The Balaban J connectivity index is 1.72. The van der Waals surface area contributed by atoms with Gasteiger partial charge in [0.25, 0.3) is 17.7 Å². The molecule has 3 amide bonds. The third-order valence-corrected chi connectivity index (χ3v) is 6.46. The van der Waals surface area contributed by atoms with E-state index in [4.69, 9.17) is 0 Å². The highest BCUT2D eigenvalue weighted by Gasteiger charge is 2.41. The molecule has 2 aromatic carbocycles. The summed E-state index contributed by atoms with van der Waals surface area (Å²) in [6.07, 6.45) is 1.81. The fourth-order valence-corrected chi connectivity index (χ4v) is 4.69. The van der Waals surface area contributed by atoms with Gasteiger partial charge in [0, 0.05) is 31.0 Å². The van der Waals surface area contributed by atoms with Crippen LogP contribution in [0.2, 0.25) is 0 Å². The van der Waals surface area contributed by atoms with Gasteiger partial charge in [-0.2, -0.15) is 0 Å². The number of nitrogens with zero attached hydrogens (tertiary/aromatic N) is 3. The molecule has 196 valence electrons. The second kappa shape index (κ2) is 11.7. The minimum atomic E-state index is -1.27. The summed E-state index contributed by atoms with van der Waals surface area (Å²) in [5, 5.41) is 12.4. The van der Waals surface area contributed by atoms with Gasteiger partial charge in [-0.15, -0.1) is 0 Å². The fraction of sp³-hybridized carbons (Fsp3) is 0.276. The van der Waals surface area contributed by atoms with Crippen LogP contribution in [0.3, 0.4) is 0 Å². The SMILES string of the molecule is Cc1cccc(C(=O)N2CCCN(C(=O)c3cccnc3)C2C(=O)NC(CC(=O)O)c2cccc(C)c2)c1. The molecule has 0 spiro atoms. The molecule has 9 heteroatoms. The van der Waals surface area contributed by atoms with E-state index in [9.17, 15) is 24.3 Å². The number of hydrogen-bond acceptors (Lipinski definition) is 5. The van der Waals surface area contributed by atoms with Crippen molar-refractivity contribution in [2.24, 2.45) is 0 Å². The largest absolute Gasteiger partial charge is 0.481 e. The van der Waals surface area contributed by atoms with Crippen molar-refractivity contribution < 1.29 is 24.3 Å². The van der Waals surface area contributed by atoms with Gasteiger partial charge in [0.1, 0.15) is 0 Å². The molecule has 2 N–H and O–H groups in total. The Labute approximate surface area is 221 Å². The second-order valence-electron chi connectivity index (χ2n) is 9.41. The van der Waals surface area contributed by atoms with E-state index in [2.05, 4.69) is 10.3 Å². The third-order valence-electron chi connectivity index (χ3n) is 6.46. The number of carboxylic acids is 1. The van der Waals surface area contributed by atoms with Crippen LogP contribution in [0, 0.1) is 13.8 Å². The molecule has 1 aromatic heterocycles. The van der Waals surface area contributed by atoms with Gasteiger partial charge in [0.2, 0.25) is 0 Å². The molecule has 2 atom stereocenters. The molecule has 0 bridgehead atoms. The number of carboxylic acid groups (broad SMARTS) is 1. The molecular formula is C29H30N4O5. The van der Waals surface area contributed by atoms with Crippen LogP contribution in [0.1, 0.15) is 56.3 Å². The number of hydrogen-bond donors (Lipinski definition) is 2. The first-order chi connectivity index (χ1) is 18.2. The molecule has 38 heavy (non-hydrogen) atoms. The highest BCUT2D eigenvalue weighted by Crippen LogP contribution is 2.24. The monoisotopic (exact) mass is 514 g/mol. The van der Waals surface area contributed by atoms with E-state index in [0.29, 0.717) is 17.5 Å². The summed E-state index contributed by atoms with van der Waals surface area (Å²) in [5.41, 5.74) is 3.11. The minimum Gasteiger partial charge on any atom is -0.481 e. The molecule has 4 rings (SSSR count). The predicted molar refractivity (Wildman–Crippen MR) is 140 cm³/mol. The van der Waals surface area contributed by atoms with E-state index in [1.807, 2.05) is 32.0 Å². The number of rotatable bonds is 7. The number of amides is 3. The molecule has 2 heterocycles. The van der Waals surface area contributed by atoms with Crippen molar-refractivity contribution in [3.05, 3.63) is 101 Å². The number of nitrogens with one attached hydrogen (secondary N) is 1. The molecule has 2 unspecified atom stereocenters. The number of carbonyl (C=O) groups excluding carboxylic acids is 3. The topological polar surface area (TPSA) is 120 Å². The van der Waals surface area contributed by atoms with Crippen molar-refractivity contribution in [2.45, 2.75) is 38.9 Å². The van der Waals surface area contributed by atoms with Crippen LogP contribution in [-0.4, -0.2) is 62.8 Å². The molecule has 9 nitrogen and oxygen atoms in total. The van der Waals surface area contributed by atoms with Crippen LogP contribution < -0.4 is 5.32 Å². The van der Waals surface area contributed by atoms with Gasteiger partial charge in [0.15, 0.2) is 6.17 Å². The minimum absolute atomic E-state index is 0.247. The Morgan fingerprint density at radius 3 is 2.16 bits per heavy atom. The molecule has 1 saturated heterocycles. The summed E-state index contributed by atoms with van der Waals surface area (Å²) < 4.78 is 0. The van der Waals surface area contributed by atoms with Crippen molar-refractivity contribution in [3.8, 4) is 0 Å². The Morgan fingerprint density at radius 1 is 0.921 bits per heavy atom. The maximum absolute atomic E-state index is 13.9. The first-order valence-electron chi connectivity index (χ1n) is 12.4. The van der Waals surface area contributed by atoms with E-state index in [-0.39, 0.29) is 31.0 Å². The smallest absolute Gasteiger partial charge is 0.305 e. The van der Waals surface area contributed by atoms with Crippen molar-refractivity contribution in [1.29, 1.82) is 0 Å². The van der Waals surface area contributed by atoms with Crippen LogP contribution in [0.5, 0.6) is 0 Å². The molecule has 0 saturated carbocycles. The average Bonchev–Trinajstić information content (AvgIpc) is 2.91. The standard InChI is InChI=1S/C29H30N4O5/c1-19-7-3-9-21(15-19)24(17-25(34)35)31-26(36)27-32(28(37)22-10-4-8-20(2)16-22)13-6-14-33(27)29(38)23-11-5-12-30-18-23/h3-5,7-12,15-16,18,24,27H,6,13-14,17H2,1-2H3,(H,31,36)(H,34,35). The van der Waals surface area contributed by atoms with Crippen molar-refractivity contribution >= 4 is 23.7 Å².